The van der Waals surface area contributed by atoms with E-state index in [0.717, 1.165) is 6.54 Å². The van der Waals surface area contributed by atoms with E-state index in [1.54, 1.807) is 4.90 Å². The number of rotatable bonds is 2. The fourth-order valence-electron chi connectivity index (χ4n) is 2.36. The molecule has 4 rings (SSSR count). The Bertz CT molecular complexity index is 349. The summed E-state index contributed by atoms with van der Waals surface area (Å²) in [5.41, 5.74) is 5.17. The van der Waals surface area contributed by atoms with E-state index < -0.39 is 0 Å². The maximum Gasteiger partial charge on any atom is 0.117 e. The van der Waals surface area contributed by atoms with Crippen molar-refractivity contribution in [3.63, 3.8) is 0 Å². The van der Waals surface area contributed by atoms with E-state index in [2.05, 4.69) is 31.2 Å². The van der Waals surface area contributed by atoms with Crippen LogP contribution in [0.1, 0.15) is 12.8 Å². The van der Waals surface area contributed by atoms with Gasteiger partial charge in [0.2, 0.25) is 0 Å². The summed E-state index contributed by atoms with van der Waals surface area (Å²) < 4.78 is 0. The van der Waals surface area contributed by atoms with Gasteiger partial charge >= 0.3 is 0 Å². The molecule has 0 spiro atoms. The van der Waals surface area contributed by atoms with E-state index in [0.29, 0.717) is 11.9 Å². The summed E-state index contributed by atoms with van der Waals surface area (Å²) in [6, 6.07) is 0. The smallest absolute Gasteiger partial charge is 0.117 e. The quantitative estimate of drug-likeness (QED) is 0.602. The molecular weight excluding hydrogens is 194 g/mol. The van der Waals surface area contributed by atoms with E-state index in [-0.39, 0.29) is 0 Å². The lowest BCUT2D eigenvalue weighted by molar-refractivity contribution is -0.902. The van der Waals surface area contributed by atoms with E-state index in [4.69, 9.17) is 0 Å². The number of quaternary nitrogens is 1. The minimum atomic E-state index is 0.314. The van der Waals surface area contributed by atoms with Crippen LogP contribution < -0.4 is 4.90 Å². The summed E-state index contributed by atoms with van der Waals surface area (Å²) in [4.78, 5) is 1.62. The monoisotopic (exact) mass is 207 g/mol. The van der Waals surface area contributed by atoms with Crippen LogP contribution in [0.25, 0.3) is 5.43 Å². The molecule has 2 bridgehead atoms. The van der Waals surface area contributed by atoms with E-state index >= 15 is 0 Å². The van der Waals surface area contributed by atoms with Gasteiger partial charge in [-0.25, -0.2) is 5.10 Å². The first-order valence-corrected chi connectivity index (χ1v) is 5.26. The van der Waals surface area contributed by atoms with Crippen molar-refractivity contribution >= 4 is 11.7 Å². The number of aromatic nitrogens is 4. The van der Waals surface area contributed by atoms with Crippen LogP contribution in [0.5, 0.6) is 0 Å². The summed E-state index contributed by atoms with van der Waals surface area (Å²) in [6.45, 7) is 3.60. The molecule has 3 aliphatic rings. The van der Waals surface area contributed by atoms with Crippen LogP contribution in [0.15, 0.2) is 5.10 Å². The lowest BCUT2D eigenvalue weighted by Crippen LogP contribution is -3.16. The fourth-order valence-corrected chi connectivity index (χ4v) is 2.36. The van der Waals surface area contributed by atoms with Gasteiger partial charge in [0, 0.05) is 18.8 Å². The van der Waals surface area contributed by atoms with Crippen molar-refractivity contribution < 1.29 is 4.90 Å². The van der Waals surface area contributed by atoms with Crippen molar-refractivity contribution in [3.05, 3.63) is 5.43 Å². The third-order valence-electron chi connectivity index (χ3n) is 3.20. The molecule has 1 aromatic heterocycles. The van der Waals surface area contributed by atoms with Gasteiger partial charge in [0.1, 0.15) is 6.54 Å². The van der Waals surface area contributed by atoms with E-state index in [1.807, 2.05) is 0 Å². The Labute approximate surface area is 86.9 Å². The highest BCUT2D eigenvalue weighted by Gasteiger charge is 2.33. The molecule has 80 valence electrons. The molecule has 3 fully saturated rings. The number of aromatic amines is 1. The fraction of sp³-hybridized carbons (Fsp3) is 0.750. The predicted molar refractivity (Wildman–Crippen MR) is 52.9 cm³/mol. The molecule has 3 saturated heterocycles. The molecular formula is C8H13N7. The number of tetrazole rings is 1. The Hall–Kier alpha value is -1.50. The highest BCUT2D eigenvalue weighted by atomic mass is 15.5. The molecule has 0 atom stereocenters. The van der Waals surface area contributed by atoms with Gasteiger partial charge in [0.25, 0.3) is 0 Å². The number of piperidine rings is 3. The summed E-state index contributed by atoms with van der Waals surface area (Å²) in [6.07, 6.45) is 2.49. The second-order valence-corrected chi connectivity index (χ2v) is 4.10. The number of fused-ring (bicyclic) bond motifs is 3. The number of nitrogens with zero attached hydrogens (tertiary/aromatic N) is 5. The standard InChI is InChI=1S/C8H12N7/c1-3-15-4-2-6(1)7(5-15)9-10-8-11-13-14-12-8/h6H,1-5H2,(H-,10,11,12,13,14)/q-1/p+1/b9-7+. The molecule has 3 aliphatic heterocycles. The molecule has 0 aliphatic carbocycles. The number of H-pyrrole nitrogens is 1. The molecule has 0 unspecified atom stereocenters. The number of nitrogens with one attached hydrogen (secondary N) is 2. The summed E-state index contributed by atoms with van der Waals surface area (Å²) in [7, 11) is 0. The molecule has 7 nitrogen and oxygen atoms in total. The van der Waals surface area contributed by atoms with Gasteiger partial charge in [0.15, 0.2) is 0 Å². The SMILES string of the molecule is C1C[NH+]2CCC1/C(=N/[N-]c1nn[nH]n1)C2. The maximum absolute atomic E-state index is 4.24. The molecule has 0 aromatic carbocycles. The minimum absolute atomic E-state index is 0.314. The molecule has 4 heterocycles. The molecule has 2 N–H and O–H groups in total. The van der Waals surface area contributed by atoms with Gasteiger partial charge in [-0.15, -0.1) is 5.21 Å². The third kappa shape index (κ3) is 1.70. The second kappa shape index (κ2) is 3.58. The maximum atomic E-state index is 4.24. The Balaban J connectivity index is 1.69. The average Bonchev–Trinajstić information content (AvgIpc) is 2.81. The van der Waals surface area contributed by atoms with Crippen molar-refractivity contribution in [3.8, 4) is 0 Å². The first-order valence-electron chi connectivity index (χ1n) is 5.26. The Morgan fingerprint density at radius 2 is 2.27 bits per heavy atom. The summed E-state index contributed by atoms with van der Waals surface area (Å²) in [5, 5.41) is 17.5. The summed E-state index contributed by atoms with van der Waals surface area (Å²) in [5.74, 6) is 0.951. The van der Waals surface area contributed by atoms with Crippen LogP contribution in [-0.4, -0.2) is 46.0 Å². The van der Waals surface area contributed by atoms with Crippen LogP contribution in [0.2, 0.25) is 0 Å². The molecule has 7 heteroatoms. The molecule has 0 saturated carbocycles. The van der Waals surface area contributed by atoms with Crippen molar-refractivity contribution in [2.45, 2.75) is 12.8 Å². The van der Waals surface area contributed by atoms with Crippen LogP contribution in [-0.2, 0) is 0 Å². The second-order valence-electron chi connectivity index (χ2n) is 4.10. The Morgan fingerprint density at radius 1 is 1.40 bits per heavy atom. The number of hydrogen-bond acceptors (Lipinski definition) is 4. The first-order chi connectivity index (χ1) is 7.42. The van der Waals surface area contributed by atoms with Crippen molar-refractivity contribution in [1.82, 2.24) is 20.6 Å². The lowest BCUT2D eigenvalue weighted by atomic mass is 9.87. The topological polar surface area (TPSA) is 85.4 Å². The number of hydrogen-bond donors (Lipinski definition) is 2. The Morgan fingerprint density at radius 3 is 2.87 bits per heavy atom. The van der Waals surface area contributed by atoms with Gasteiger partial charge in [-0.05, 0) is 0 Å². The molecule has 15 heavy (non-hydrogen) atoms. The lowest BCUT2D eigenvalue weighted by Gasteiger charge is -2.36. The Kier molecular flexibility index (Phi) is 2.09. The van der Waals surface area contributed by atoms with Gasteiger partial charge < -0.3 is 4.90 Å². The van der Waals surface area contributed by atoms with Gasteiger partial charge in [-0.2, -0.15) is 0 Å². The van der Waals surface area contributed by atoms with Gasteiger partial charge in [-0.1, -0.05) is 0 Å². The largest absolute Gasteiger partial charge is 0.330 e. The minimum Gasteiger partial charge on any atom is -0.330 e. The molecule has 0 amide bonds. The van der Waals surface area contributed by atoms with Crippen molar-refractivity contribution in [2.75, 3.05) is 19.6 Å². The van der Waals surface area contributed by atoms with Crippen LogP contribution in [0.4, 0.5) is 5.95 Å². The predicted octanol–water partition coefficient (Wildman–Crippen LogP) is -1.13. The zero-order valence-electron chi connectivity index (χ0n) is 8.35. The van der Waals surface area contributed by atoms with Gasteiger partial charge in [0.05, 0.1) is 24.7 Å². The molecule has 1 aromatic rings. The average molecular weight is 207 g/mol. The highest BCUT2D eigenvalue weighted by Crippen LogP contribution is 2.18. The van der Waals surface area contributed by atoms with E-state index in [9.17, 15) is 0 Å². The highest BCUT2D eigenvalue weighted by molar-refractivity contribution is 5.89. The normalized spacial score (nSPS) is 32.1. The zero-order valence-corrected chi connectivity index (χ0v) is 8.35. The van der Waals surface area contributed by atoms with Crippen LogP contribution in [0, 0.1) is 5.92 Å². The van der Waals surface area contributed by atoms with Crippen LogP contribution in [0.3, 0.4) is 0 Å². The van der Waals surface area contributed by atoms with Crippen molar-refractivity contribution in [1.29, 1.82) is 0 Å². The zero-order chi connectivity index (χ0) is 10.1. The van der Waals surface area contributed by atoms with E-state index in [1.165, 1.54) is 31.6 Å². The van der Waals surface area contributed by atoms with Crippen molar-refractivity contribution in [2.24, 2.45) is 11.0 Å². The summed E-state index contributed by atoms with van der Waals surface area (Å²) >= 11 is 0. The van der Waals surface area contributed by atoms with Crippen LogP contribution >= 0.6 is 0 Å². The first kappa shape index (κ1) is 8.78. The molecule has 0 radical (unpaired) electrons. The third-order valence-corrected chi connectivity index (χ3v) is 3.20. The van der Waals surface area contributed by atoms with Gasteiger partial charge in [-0.3, -0.25) is 20.8 Å².